The van der Waals surface area contributed by atoms with Crippen molar-refractivity contribution >= 4 is 11.3 Å². The van der Waals surface area contributed by atoms with Crippen molar-refractivity contribution in [2.24, 2.45) is 5.92 Å². The average Bonchev–Trinajstić information content (AvgIpc) is 3.01. The first-order valence-corrected chi connectivity index (χ1v) is 8.06. The van der Waals surface area contributed by atoms with Crippen molar-refractivity contribution in [3.63, 3.8) is 0 Å². The van der Waals surface area contributed by atoms with E-state index in [1.165, 1.54) is 56.0 Å². The Bertz CT molecular complexity index is 384. The lowest BCUT2D eigenvalue weighted by atomic mass is 9.90. The number of hydrogen-bond donors (Lipinski definition) is 1. The summed E-state index contributed by atoms with van der Waals surface area (Å²) in [4.78, 5) is 7.19. The molecule has 2 aliphatic rings. The summed E-state index contributed by atoms with van der Waals surface area (Å²) in [5.74, 6) is 0.862. The number of rotatable bonds is 3. The Morgan fingerprint density at radius 2 is 2.39 bits per heavy atom. The standard InChI is InChI=1S/C14H23N3S/c1-11-16-13(10-18-11)9-17-7-3-4-12(8-17)14-5-2-6-15-14/h10,12,14-15H,2-9H2,1H3. The maximum absolute atomic E-state index is 4.59. The van der Waals surface area contributed by atoms with Crippen LogP contribution in [0.5, 0.6) is 0 Å². The van der Waals surface area contributed by atoms with Crippen LogP contribution < -0.4 is 5.32 Å². The quantitative estimate of drug-likeness (QED) is 0.910. The van der Waals surface area contributed by atoms with Gasteiger partial charge in [0.2, 0.25) is 0 Å². The minimum atomic E-state index is 0.782. The number of likely N-dealkylation sites (tertiary alicyclic amines) is 1. The van der Waals surface area contributed by atoms with Crippen molar-refractivity contribution in [2.45, 2.75) is 45.2 Å². The fourth-order valence-corrected chi connectivity index (χ4v) is 3.99. The fraction of sp³-hybridized carbons (Fsp3) is 0.786. The summed E-state index contributed by atoms with van der Waals surface area (Å²) in [6, 6.07) is 0.782. The second kappa shape index (κ2) is 5.68. The third-order valence-corrected chi connectivity index (χ3v) is 5.08. The van der Waals surface area contributed by atoms with Gasteiger partial charge in [-0.05, 0) is 51.6 Å². The average molecular weight is 265 g/mol. The molecule has 0 aliphatic carbocycles. The topological polar surface area (TPSA) is 28.2 Å². The van der Waals surface area contributed by atoms with E-state index in [9.17, 15) is 0 Å². The fourth-order valence-electron chi connectivity index (χ4n) is 3.39. The Morgan fingerprint density at radius 3 is 3.11 bits per heavy atom. The molecule has 0 radical (unpaired) electrons. The molecular formula is C14H23N3S. The van der Waals surface area contributed by atoms with Crippen LogP contribution in [-0.2, 0) is 6.54 Å². The van der Waals surface area contributed by atoms with Gasteiger partial charge in [0.25, 0.3) is 0 Å². The minimum absolute atomic E-state index is 0.782. The highest BCUT2D eigenvalue weighted by Crippen LogP contribution is 2.25. The normalized spacial score (nSPS) is 29.8. The number of hydrogen-bond acceptors (Lipinski definition) is 4. The molecule has 4 heteroatoms. The molecule has 2 saturated heterocycles. The molecule has 0 amide bonds. The van der Waals surface area contributed by atoms with Crippen molar-refractivity contribution < 1.29 is 0 Å². The molecule has 2 aliphatic heterocycles. The zero-order valence-electron chi connectivity index (χ0n) is 11.2. The van der Waals surface area contributed by atoms with Crippen LogP contribution in [0.15, 0.2) is 5.38 Å². The summed E-state index contributed by atoms with van der Waals surface area (Å²) in [7, 11) is 0. The number of aryl methyl sites for hydroxylation is 1. The Balaban J connectivity index is 1.56. The van der Waals surface area contributed by atoms with E-state index in [0.29, 0.717) is 0 Å². The summed E-state index contributed by atoms with van der Waals surface area (Å²) in [6.07, 6.45) is 5.51. The molecular weight excluding hydrogens is 242 g/mol. The highest BCUT2D eigenvalue weighted by Gasteiger charge is 2.29. The molecule has 18 heavy (non-hydrogen) atoms. The maximum Gasteiger partial charge on any atom is 0.0897 e. The van der Waals surface area contributed by atoms with Gasteiger partial charge in [0.15, 0.2) is 0 Å². The van der Waals surface area contributed by atoms with Gasteiger partial charge in [-0.2, -0.15) is 0 Å². The molecule has 1 aromatic rings. The summed E-state index contributed by atoms with van der Waals surface area (Å²) < 4.78 is 0. The highest BCUT2D eigenvalue weighted by molar-refractivity contribution is 7.09. The van der Waals surface area contributed by atoms with Crippen molar-refractivity contribution in [3.8, 4) is 0 Å². The minimum Gasteiger partial charge on any atom is -0.314 e. The molecule has 3 rings (SSSR count). The molecule has 2 unspecified atom stereocenters. The van der Waals surface area contributed by atoms with E-state index < -0.39 is 0 Å². The Labute approximate surface area is 114 Å². The third kappa shape index (κ3) is 2.92. The predicted molar refractivity (Wildman–Crippen MR) is 75.9 cm³/mol. The third-order valence-electron chi connectivity index (χ3n) is 4.26. The van der Waals surface area contributed by atoms with Crippen molar-refractivity contribution in [2.75, 3.05) is 19.6 Å². The lowest BCUT2D eigenvalue weighted by molar-refractivity contribution is 0.144. The van der Waals surface area contributed by atoms with Crippen LogP contribution in [0.2, 0.25) is 0 Å². The van der Waals surface area contributed by atoms with Crippen LogP contribution in [0.25, 0.3) is 0 Å². The first kappa shape index (κ1) is 12.6. The molecule has 0 spiro atoms. The van der Waals surface area contributed by atoms with E-state index in [0.717, 1.165) is 18.5 Å². The van der Waals surface area contributed by atoms with Gasteiger partial charge < -0.3 is 5.32 Å². The molecule has 3 heterocycles. The number of nitrogens with one attached hydrogen (secondary N) is 1. The highest BCUT2D eigenvalue weighted by atomic mass is 32.1. The first-order chi connectivity index (χ1) is 8.81. The lowest BCUT2D eigenvalue weighted by Crippen LogP contribution is -2.43. The smallest absolute Gasteiger partial charge is 0.0897 e. The van der Waals surface area contributed by atoms with E-state index in [1.807, 2.05) is 0 Å². The summed E-state index contributed by atoms with van der Waals surface area (Å²) in [5, 5.41) is 7.08. The largest absolute Gasteiger partial charge is 0.314 e. The second-order valence-electron chi connectivity index (χ2n) is 5.70. The number of nitrogens with zero attached hydrogens (tertiary/aromatic N) is 2. The molecule has 0 aromatic carbocycles. The molecule has 1 N–H and O–H groups in total. The number of aromatic nitrogens is 1. The zero-order valence-corrected chi connectivity index (χ0v) is 12.0. The van der Waals surface area contributed by atoms with Crippen molar-refractivity contribution in [1.82, 2.24) is 15.2 Å². The van der Waals surface area contributed by atoms with Gasteiger partial charge in [-0.3, -0.25) is 4.90 Å². The van der Waals surface area contributed by atoms with Crippen LogP contribution in [0, 0.1) is 12.8 Å². The summed E-state index contributed by atoms with van der Waals surface area (Å²) >= 11 is 1.77. The van der Waals surface area contributed by atoms with Gasteiger partial charge in [0.1, 0.15) is 0 Å². The van der Waals surface area contributed by atoms with E-state index in [1.54, 1.807) is 11.3 Å². The van der Waals surface area contributed by atoms with E-state index in [-0.39, 0.29) is 0 Å². The van der Waals surface area contributed by atoms with Gasteiger partial charge >= 0.3 is 0 Å². The molecule has 3 nitrogen and oxygen atoms in total. The molecule has 2 fully saturated rings. The molecule has 0 saturated carbocycles. The predicted octanol–water partition coefficient (Wildman–Crippen LogP) is 2.42. The Morgan fingerprint density at radius 1 is 1.44 bits per heavy atom. The number of piperidine rings is 1. The Hall–Kier alpha value is -0.450. The van der Waals surface area contributed by atoms with Crippen LogP contribution in [0.1, 0.15) is 36.4 Å². The summed E-state index contributed by atoms with van der Waals surface area (Å²) in [6.45, 7) is 6.88. The van der Waals surface area contributed by atoms with Crippen molar-refractivity contribution in [3.05, 3.63) is 16.1 Å². The van der Waals surface area contributed by atoms with Crippen LogP contribution in [0.4, 0.5) is 0 Å². The Kier molecular flexibility index (Phi) is 3.97. The second-order valence-corrected chi connectivity index (χ2v) is 6.76. The van der Waals surface area contributed by atoms with Gasteiger partial charge in [-0.1, -0.05) is 0 Å². The van der Waals surface area contributed by atoms with E-state index in [2.05, 4.69) is 27.5 Å². The summed E-state index contributed by atoms with van der Waals surface area (Å²) in [5.41, 5.74) is 1.26. The van der Waals surface area contributed by atoms with Gasteiger partial charge in [-0.25, -0.2) is 4.98 Å². The number of thiazole rings is 1. The van der Waals surface area contributed by atoms with Crippen LogP contribution >= 0.6 is 11.3 Å². The first-order valence-electron chi connectivity index (χ1n) is 7.18. The van der Waals surface area contributed by atoms with Crippen molar-refractivity contribution in [1.29, 1.82) is 0 Å². The van der Waals surface area contributed by atoms with E-state index in [4.69, 9.17) is 0 Å². The zero-order chi connectivity index (χ0) is 12.4. The monoisotopic (exact) mass is 265 g/mol. The lowest BCUT2D eigenvalue weighted by Gasteiger charge is -2.35. The molecule has 2 atom stereocenters. The maximum atomic E-state index is 4.59. The van der Waals surface area contributed by atoms with Gasteiger partial charge in [-0.15, -0.1) is 11.3 Å². The van der Waals surface area contributed by atoms with Gasteiger partial charge in [0, 0.05) is 24.5 Å². The van der Waals surface area contributed by atoms with E-state index >= 15 is 0 Å². The van der Waals surface area contributed by atoms with Crippen LogP contribution in [-0.4, -0.2) is 35.6 Å². The molecule has 100 valence electrons. The van der Waals surface area contributed by atoms with Gasteiger partial charge in [0.05, 0.1) is 10.7 Å². The van der Waals surface area contributed by atoms with Crippen LogP contribution in [0.3, 0.4) is 0 Å². The molecule has 0 bridgehead atoms. The molecule has 1 aromatic heterocycles. The SMILES string of the molecule is Cc1nc(CN2CCCC(C3CCCN3)C2)cs1.